The molecule has 0 rings (SSSR count). The van der Waals surface area contributed by atoms with Crippen molar-refractivity contribution in [2.45, 2.75) is 142 Å². The average molecular weight is 461 g/mol. The summed E-state index contributed by atoms with van der Waals surface area (Å²) < 4.78 is 37.4. The Morgan fingerprint density at radius 1 is 0.484 bits per heavy atom. The van der Waals surface area contributed by atoms with Gasteiger partial charge in [-0.15, -0.1) is 0 Å². The topological polar surface area (TPSA) is 83.8 Å². The minimum atomic E-state index is -4.67. The van der Waals surface area contributed by atoms with Crippen LogP contribution >= 0.6 is 0 Å². The number of hydrogen-bond acceptors (Lipinski definition) is 3. The van der Waals surface area contributed by atoms with E-state index in [1.165, 1.54) is 128 Å². The third kappa shape index (κ3) is 48.9. The van der Waals surface area contributed by atoms with Gasteiger partial charge in [-0.2, -0.15) is 8.42 Å². The summed E-state index contributed by atoms with van der Waals surface area (Å²) in [7, 11) is -4.67. The standard InChI is InChI=1S/C24H50O.Li.H2O4S.H/c1-3-5-7-9-11-13-15-17-19-21-23-25-24-22-20-18-16-14-12-10-8-6-4-2;;1-5(2,3)4;/h3-24H2,1-2H3;;(H2,1,2,3,4);. The summed E-state index contributed by atoms with van der Waals surface area (Å²) in [5.74, 6) is 0. The molecule has 0 atom stereocenters. The Hall–Kier alpha value is 0.427. The van der Waals surface area contributed by atoms with Crippen molar-refractivity contribution in [3.05, 3.63) is 0 Å². The molecule has 31 heavy (non-hydrogen) atoms. The zero-order chi connectivity index (χ0) is 22.8. The van der Waals surface area contributed by atoms with E-state index in [2.05, 4.69) is 13.8 Å². The van der Waals surface area contributed by atoms with Crippen molar-refractivity contribution >= 4 is 29.3 Å². The first-order valence-electron chi connectivity index (χ1n) is 12.7. The Morgan fingerprint density at radius 2 is 0.677 bits per heavy atom. The average Bonchev–Trinajstić information content (AvgIpc) is 2.68. The quantitative estimate of drug-likeness (QED) is 0.0990. The van der Waals surface area contributed by atoms with Gasteiger partial charge >= 0.3 is 29.3 Å². The van der Waals surface area contributed by atoms with Crippen LogP contribution in [0.3, 0.4) is 0 Å². The van der Waals surface area contributed by atoms with Crippen LogP contribution in [-0.4, -0.2) is 49.6 Å². The molecule has 186 valence electrons. The predicted molar refractivity (Wildman–Crippen MR) is 136 cm³/mol. The van der Waals surface area contributed by atoms with E-state index in [0.717, 1.165) is 13.2 Å². The molecule has 0 aliphatic rings. The molecule has 0 amide bonds. The molecule has 0 fully saturated rings. The summed E-state index contributed by atoms with van der Waals surface area (Å²) in [4.78, 5) is 0. The molecule has 5 nitrogen and oxygen atoms in total. The second-order valence-electron chi connectivity index (χ2n) is 8.42. The van der Waals surface area contributed by atoms with E-state index in [4.69, 9.17) is 22.3 Å². The van der Waals surface area contributed by atoms with Gasteiger partial charge in [-0.25, -0.2) is 0 Å². The fraction of sp³-hybridized carbons (Fsp3) is 1.00. The van der Waals surface area contributed by atoms with Crippen molar-refractivity contribution in [1.82, 2.24) is 0 Å². The van der Waals surface area contributed by atoms with Crippen molar-refractivity contribution in [1.29, 1.82) is 0 Å². The van der Waals surface area contributed by atoms with Gasteiger partial charge in [-0.3, -0.25) is 9.11 Å². The Balaban J connectivity index is -0.00000116. The first kappa shape index (κ1) is 36.0. The predicted octanol–water partition coefficient (Wildman–Crippen LogP) is 7.54. The van der Waals surface area contributed by atoms with Gasteiger partial charge in [0, 0.05) is 13.2 Å². The Labute approximate surface area is 206 Å². The van der Waals surface area contributed by atoms with Gasteiger partial charge < -0.3 is 4.74 Å². The van der Waals surface area contributed by atoms with Gasteiger partial charge in [0.2, 0.25) is 0 Å². The molecular formula is C24H53LiO5S. The van der Waals surface area contributed by atoms with Gasteiger partial charge in [0.15, 0.2) is 0 Å². The van der Waals surface area contributed by atoms with Gasteiger partial charge in [0.25, 0.3) is 0 Å². The normalized spacial score (nSPS) is 11.0. The van der Waals surface area contributed by atoms with Crippen LogP contribution in [-0.2, 0) is 15.1 Å². The third-order valence-corrected chi connectivity index (χ3v) is 5.28. The summed E-state index contributed by atoms with van der Waals surface area (Å²) >= 11 is 0. The van der Waals surface area contributed by atoms with Crippen LogP contribution in [0.25, 0.3) is 0 Å². The maximum absolute atomic E-state index is 8.74. The van der Waals surface area contributed by atoms with Crippen molar-refractivity contribution < 1.29 is 22.3 Å². The van der Waals surface area contributed by atoms with E-state index in [1.807, 2.05) is 0 Å². The van der Waals surface area contributed by atoms with E-state index in [0.29, 0.717) is 0 Å². The second-order valence-corrected chi connectivity index (χ2v) is 9.32. The van der Waals surface area contributed by atoms with Gasteiger partial charge in [0.1, 0.15) is 0 Å². The zero-order valence-electron chi connectivity index (χ0n) is 20.1. The van der Waals surface area contributed by atoms with Gasteiger partial charge in [-0.05, 0) is 12.8 Å². The molecule has 0 aromatic heterocycles. The second kappa shape index (κ2) is 30.4. The zero-order valence-corrected chi connectivity index (χ0v) is 20.9. The molecule has 0 bridgehead atoms. The molecule has 2 N–H and O–H groups in total. The maximum atomic E-state index is 8.74. The monoisotopic (exact) mass is 460 g/mol. The molecule has 0 saturated carbocycles. The molecule has 0 radical (unpaired) electrons. The molecule has 0 unspecified atom stereocenters. The minimum absolute atomic E-state index is 0. The SMILES string of the molecule is CCCCCCCCCCCCOCCCCCCCCCCCC.O=S(=O)(O)O.[LiH]. The van der Waals surface area contributed by atoms with Crippen molar-refractivity contribution in [3.63, 3.8) is 0 Å². The van der Waals surface area contributed by atoms with E-state index < -0.39 is 10.4 Å². The van der Waals surface area contributed by atoms with Crippen LogP contribution in [0.5, 0.6) is 0 Å². The van der Waals surface area contributed by atoms with Crippen LogP contribution in [0.4, 0.5) is 0 Å². The number of ether oxygens (including phenoxy) is 1. The van der Waals surface area contributed by atoms with Crippen LogP contribution in [0.15, 0.2) is 0 Å². The van der Waals surface area contributed by atoms with Crippen LogP contribution in [0.2, 0.25) is 0 Å². The fourth-order valence-electron chi connectivity index (χ4n) is 3.49. The summed E-state index contributed by atoms with van der Waals surface area (Å²) in [6.45, 7) is 6.57. The van der Waals surface area contributed by atoms with E-state index >= 15 is 0 Å². The van der Waals surface area contributed by atoms with Crippen LogP contribution < -0.4 is 0 Å². The molecule has 7 heteroatoms. The van der Waals surface area contributed by atoms with Crippen molar-refractivity contribution in [3.8, 4) is 0 Å². The first-order chi connectivity index (χ1) is 14.4. The molecule has 0 aliphatic heterocycles. The molecular weight excluding hydrogens is 407 g/mol. The summed E-state index contributed by atoms with van der Waals surface area (Å²) in [6.07, 6.45) is 28.2. The molecule has 0 saturated heterocycles. The van der Waals surface area contributed by atoms with Crippen LogP contribution in [0.1, 0.15) is 142 Å². The fourth-order valence-corrected chi connectivity index (χ4v) is 3.49. The summed E-state index contributed by atoms with van der Waals surface area (Å²) in [5, 5.41) is 0. The molecule has 0 aromatic carbocycles. The van der Waals surface area contributed by atoms with Gasteiger partial charge in [-0.1, -0.05) is 129 Å². The molecule has 0 aromatic rings. The number of rotatable bonds is 22. The molecule has 0 spiro atoms. The van der Waals surface area contributed by atoms with E-state index in [-0.39, 0.29) is 18.9 Å². The van der Waals surface area contributed by atoms with Gasteiger partial charge in [0.05, 0.1) is 0 Å². The first-order valence-corrected chi connectivity index (χ1v) is 14.1. The summed E-state index contributed by atoms with van der Waals surface area (Å²) in [6, 6.07) is 0. The van der Waals surface area contributed by atoms with E-state index in [9.17, 15) is 0 Å². The molecule has 0 heterocycles. The number of hydrogen-bond donors (Lipinski definition) is 2. The van der Waals surface area contributed by atoms with E-state index in [1.54, 1.807) is 0 Å². The Morgan fingerprint density at radius 3 is 0.903 bits per heavy atom. The number of unbranched alkanes of at least 4 members (excludes halogenated alkanes) is 18. The van der Waals surface area contributed by atoms with Crippen molar-refractivity contribution in [2.24, 2.45) is 0 Å². The molecule has 0 aliphatic carbocycles. The third-order valence-electron chi connectivity index (χ3n) is 5.28. The van der Waals surface area contributed by atoms with Crippen molar-refractivity contribution in [2.75, 3.05) is 13.2 Å². The van der Waals surface area contributed by atoms with Crippen LogP contribution in [0, 0.1) is 0 Å². The summed E-state index contributed by atoms with van der Waals surface area (Å²) in [5.41, 5.74) is 0. The Kier molecular flexibility index (Phi) is 35.3. The Bertz CT molecular complexity index is 375.